The van der Waals surface area contributed by atoms with Gasteiger partial charge in [0.1, 0.15) is 18.0 Å². The van der Waals surface area contributed by atoms with E-state index < -0.39 is 5.95 Å². The molecule has 2 aromatic carbocycles. The monoisotopic (exact) mass is 334 g/mol. The van der Waals surface area contributed by atoms with Crippen LogP contribution in [0.3, 0.4) is 0 Å². The number of hydrogen-bond donors (Lipinski definition) is 1. The van der Waals surface area contributed by atoms with Crippen molar-refractivity contribution >= 4 is 22.4 Å². The maximum atomic E-state index is 13.8. The molecule has 0 fully saturated rings. The number of nitrogens with one attached hydrogen (secondary N) is 1. The summed E-state index contributed by atoms with van der Waals surface area (Å²) >= 11 is 0. The van der Waals surface area contributed by atoms with Gasteiger partial charge in [-0.15, -0.1) is 0 Å². The molecule has 1 N–H and O–H groups in total. The Bertz CT molecular complexity index is 1050. The zero-order valence-electron chi connectivity index (χ0n) is 12.9. The average molecular weight is 334 g/mol. The van der Waals surface area contributed by atoms with Gasteiger partial charge in [0.2, 0.25) is 5.95 Å². The number of hydrogen-bond acceptors (Lipinski definition) is 4. The summed E-state index contributed by atoms with van der Waals surface area (Å²) in [6, 6.07) is 14.9. The molecule has 0 saturated carbocycles. The van der Waals surface area contributed by atoms with E-state index in [-0.39, 0.29) is 5.82 Å². The van der Waals surface area contributed by atoms with Crippen molar-refractivity contribution in [2.24, 2.45) is 0 Å². The van der Waals surface area contributed by atoms with Crippen LogP contribution < -0.4 is 5.32 Å². The lowest BCUT2D eigenvalue weighted by molar-refractivity contribution is 0.584. The maximum Gasteiger partial charge on any atom is 0.212 e. The van der Waals surface area contributed by atoms with Crippen molar-refractivity contribution in [3.63, 3.8) is 0 Å². The minimum Gasteiger partial charge on any atom is -0.337 e. The van der Waals surface area contributed by atoms with Gasteiger partial charge in [-0.3, -0.25) is 0 Å². The van der Waals surface area contributed by atoms with Crippen LogP contribution in [0.25, 0.3) is 22.0 Å². The summed E-state index contributed by atoms with van der Waals surface area (Å²) in [6.45, 7) is 0. The fraction of sp³-hybridized carbons (Fsp3) is 0. The molecule has 0 aliphatic heterocycles. The van der Waals surface area contributed by atoms with Crippen LogP contribution in [-0.2, 0) is 0 Å². The van der Waals surface area contributed by atoms with Gasteiger partial charge in [0, 0.05) is 17.1 Å². The van der Waals surface area contributed by atoms with Crippen molar-refractivity contribution < 1.29 is 8.78 Å². The van der Waals surface area contributed by atoms with Crippen LogP contribution in [0.4, 0.5) is 20.3 Å². The molecular weight excluding hydrogens is 322 g/mol. The van der Waals surface area contributed by atoms with E-state index in [1.54, 1.807) is 24.3 Å². The third kappa shape index (κ3) is 3.01. The zero-order valence-corrected chi connectivity index (χ0v) is 12.9. The highest BCUT2D eigenvalue weighted by molar-refractivity contribution is 5.93. The minimum absolute atomic E-state index is 0.342. The summed E-state index contributed by atoms with van der Waals surface area (Å²) in [5, 5.41) is 3.75. The fourth-order valence-electron chi connectivity index (χ4n) is 2.57. The molecule has 0 aliphatic carbocycles. The molecule has 122 valence electrons. The summed E-state index contributed by atoms with van der Waals surface area (Å²) in [6.07, 6.45) is 2.88. The number of rotatable bonds is 3. The molecule has 4 rings (SSSR count). The lowest BCUT2D eigenvalue weighted by atomic mass is 10.1. The third-order valence-corrected chi connectivity index (χ3v) is 3.82. The lowest BCUT2D eigenvalue weighted by Gasteiger charge is -2.10. The van der Waals surface area contributed by atoms with E-state index in [1.165, 1.54) is 24.7 Å². The number of aromatic nitrogens is 3. The van der Waals surface area contributed by atoms with Crippen LogP contribution in [0, 0.1) is 11.8 Å². The molecule has 0 unspecified atom stereocenters. The Morgan fingerprint density at radius 1 is 0.800 bits per heavy atom. The van der Waals surface area contributed by atoms with Crippen molar-refractivity contribution in [2.75, 3.05) is 5.32 Å². The first-order chi connectivity index (χ1) is 12.2. The van der Waals surface area contributed by atoms with Gasteiger partial charge in [-0.05, 0) is 42.0 Å². The molecule has 2 aromatic heterocycles. The van der Waals surface area contributed by atoms with Gasteiger partial charge in [0.05, 0.1) is 11.2 Å². The molecule has 0 aliphatic rings. The van der Waals surface area contributed by atoms with Gasteiger partial charge in [-0.2, -0.15) is 4.39 Å². The molecule has 25 heavy (non-hydrogen) atoms. The smallest absolute Gasteiger partial charge is 0.212 e. The van der Waals surface area contributed by atoms with Crippen LogP contribution in [-0.4, -0.2) is 15.0 Å². The maximum absolute atomic E-state index is 13.8. The van der Waals surface area contributed by atoms with E-state index in [9.17, 15) is 8.78 Å². The van der Waals surface area contributed by atoms with Gasteiger partial charge < -0.3 is 5.32 Å². The van der Waals surface area contributed by atoms with E-state index >= 15 is 0 Å². The second-order valence-electron chi connectivity index (χ2n) is 5.43. The lowest BCUT2D eigenvalue weighted by Crippen LogP contribution is -1.98. The third-order valence-electron chi connectivity index (χ3n) is 3.82. The highest BCUT2D eigenvalue weighted by atomic mass is 19.1. The highest BCUT2D eigenvalue weighted by Crippen LogP contribution is 2.28. The second-order valence-corrected chi connectivity index (χ2v) is 5.43. The second kappa shape index (κ2) is 6.24. The van der Waals surface area contributed by atoms with Crippen molar-refractivity contribution in [1.82, 2.24) is 15.0 Å². The molecule has 0 radical (unpaired) electrons. The minimum atomic E-state index is -0.525. The first kappa shape index (κ1) is 15.1. The average Bonchev–Trinajstić information content (AvgIpc) is 2.64. The van der Waals surface area contributed by atoms with Gasteiger partial charge in [-0.1, -0.05) is 18.2 Å². The Morgan fingerprint density at radius 3 is 2.44 bits per heavy atom. The van der Waals surface area contributed by atoms with E-state index in [1.807, 2.05) is 18.2 Å². The number of nitrogens with zero attached hydrogens (tertiary/aromatic N) is 3. The predicted molar refractivity (Wildman–Crippen MR) is 92.4 cm³/mol. The number of halogens is 2. The van der Waals surface area contributed by atoms with Crippen LogP contribution in [0.2, 0.25) is 0 Å². The Hall–Kier alpha value is -3.41. The molecule has 0 spiro atoms. The SMILES string of the molecule is Fc1ccc(-c2ccc3c(Nc4ccccc4F)ncnc3c2)cn1. The molecule has 0 amide bonds. The fourth-order valence-corrected chi connectivity index (χ4v) is 2.57. The first-order valence-corrected chi connectivity index (χ1v) is 7.59. The summed E-state index contributed by atoms with van der Waals surface area (Å²) in [7, 11) is 0. The molecule has 0 atom stereocenters. The summed E-state index contributed by atoms with van der Waals surface area (Å²) in [4.78, 5) is 12.1. The van der Waals surface area contributed by atoms with Gasteiger partial charge in [-0.25, -0.2) is 19.3 Å². The van der Waals surface area contributed by atoms with Gasteiger partial charge in [0.15, 0.2) is 0 Å². The molecule has 2 heterocycles. The van der Waals surface area contributed by atoms with Crippen LogP contribution in [0.1, 0.15) is 0 Å². The van der Waals surface area contributed by atoms with E-state index in [0.717, 1.165) is 16.5 Å². The van der Waals surface area contributed by atoms with Crippen LogP contribution in [0.15, 0.2) is 67.1 Å². The number of pyridine rings is 1. The van der Waals surface area contributed by atoms with Crippen LogP contribution >= 0.6 is 0 Å². The molecule has 6 heteroatoms. The van der Waals surface area contributed by atoms with E-state index in [4.69, 9.17) is 0 Å². The summed E-state index contributed by atoms with van der Waals surface area (Å²) in [5.74, 6) is -0.370. The van der Waals surface area contributed by atoms with Gasteiger partial charge >= 0.3 is 0 Å². The Morgan fingerprint density at radius 2 is 1.64 bits per heavy atom. The Balaban J connectivity index is 1.75. The zero-order chi connectivity index (χ0) is 17.2. The number of para-hydroxylation sites is 1. The first-order valence-electron chi connectivity index (χ1n) is 7.59. The van der Waals surface area contributed by atoms with Crippen molar-refractivity contribution in [2.45, 2.75) is 0 Å². The van der Waals surface area contributed by atoms with E-state index in [0.29, 0.717) is 17.0 Å². The predicted octanol–water partition coefficient (Wildman–Crippen LogP) is 4.71. The molecule has 0 saturated heterocycles. The van der Waals surface area contributed by atoms with Crippen molar-refractivity contribution in [3.05, 3.63) is 78.9 Å². The number of benzene rings is 2. The van der Waals surface area contributed by atoms with Gasteiger partial charge in [0.25, 0.3) is 0 Å². The summed E-state index contributed by atoms with van der Waals surface area (Å²) in [5.41, 5.74) is 2.67. The molecule has 0 bridgehead atoms. The standard InChI is InChI=1S/C19H12F2N4/c20-15-3-1-2-4-16(15)25-19-14-7-5-12(9-17(14)23-11-24-19)13-6-8-18(21)22-10-13/h1-11H,(H,23,24,25). The normalized spacial score (nSPS) is 10.8. The number of fused-ring (bicyclic) bond motifs is 1. The number of anilines is 2. The highest BCUT2D eigenvalue weighted by Gasteiger charge is 2.08. The summed E-state index contributed by atoms with van der Waals surface area (Å²) < 4.78 is 26.8. The van der Waals surface area contributed by atoms with E-state index in [2.05, 4.69) is 20.3 Å². The molecule has 4 aromatic rings. The quantitative estimate of drug-likeness (QED) is 0.551. The topological polar surface area (TPSA) is 50.7 Å². The largest absolute Gasteiger partial charge is 0.337 e. The Kier molecular flexibility index (Phi) is 3.78. The molecule has 4 nitrogen and oxygen atoms in total. The van der Waals surface area contributed by atoms with Crippen molar-refractivity contribution in [3.8, 4) is 11.1 Å². The Labute approximate surface area is 142 Å². The van der Waals surface area contributed by atoms with Crippen LogP contribution in [0.5, 0.6) is 0 Å². The molecular formula is C19H12F2N4. The van der Waals surface area contributed by atoms with Crippen molar-refractivity contribution in [1.29, 1.82) is 0 Å².